The highest BCUT2D eigenvalue weighted by Gasteiger charge is 2.06. The normalized spacial score (nSPS) is 11.8. The fourth-order valence-corrected chi connectivity index (χ4v) is 2.75. The Morgan fingerprint density at radius 2 is 1.85 bits per heavy atom. The van der Waals surface area contributed by atoms with E-state index in [1.807, 2.05) is 30.8 Å². The molecule has 3 aromatic heterocycles. The first-order valence-corrected chi connectivity index (χ1v) is 9.86. The molecule has 0 saturated carbocycles. The van der Waals surface area contributed by atoms with Crippen LogP contribution in [0.3, 0.4) is 0 Å². The predicted molar refractivity (Wildman–Crippen MR) is 110 cm³/mol. The van der Waals surface area contributed by atoms with Crippen molar-refractivity contribution in [3.05, 3.63) is 59.4 Å². The highest BCUT2D eigenvalue weighted by Crippen LogP contribution is 2.16. The van der Waals surface area contributed by atoms with Gasteiger partial charge < -0.3 is 15.6 Å². The Labute approximate surface area is 162 Å². The van der Waals surface area contributed by atoms with Gasteiger partial charge in [0.2, 0.25) is 5.95 Å². The number of nitrogens with zero attached hydrogens (tertiary/aromatic N) is 3. The third-order valence-electron chi connectivity index (χ3n) is 4.00. The van der Waals surface area contributed by atoms with Crippen LogP contribution >= 0.6 is 11.8 Å². The van der Waals surface area contributed by atoms with E-state index >= 15 is 0 Å². The van der Waals surface area contributed by atoms with Crippen molar-refractivity contribution >= 4 is 23.5 Å². The van der Waals surface area contributed by atoms with Crippen LogP contribution in [0.1, 0.15) is 6.92 Å². The number of rotatable bonds is 8. The SMILES string of the molecule is CSc1cnc(NCC(C)CNc2ccc(-c3ccc[nH]c3=O)cn2)nc1. The topological polar surface area (TPSA) is 95.6 Å². The molecule has 3 rings (SSSR count). The summed E-state index contributed by atoms with van der Waals surface area (Å²) in [5, 5.41) is 6.55. The predicted octanol–water partition coefficient (Wildman–Crippen LogP) is 3.11. The lowest BCUT2D eigenvalue weighted by atomic mass is 10.1. The largest absolute Gasteiger partial charge is 0.370 e. The molecule has 3 N–H and O–H groups in total. The maximum Gasteiger partial charge on any atom is 0.255 e. The Bertz CT molecular complexity index is 910. The van der Waals surface area contributed by atoms with E-state index in [1.54, 1.807) is 36.3 Å². The lowest BCUT2D eigenvalue weighted by molar-refractivity contribution is 0.644. The minimum atomic E-state index is -0.118. The Kier molecular flexibility index (Phi) is 6.43. The summed E-state index contributed by atoms with van der Waals surface area (Å²) in [5.41, 5.74) is 1.29. The molecular weight excluding hydrogens is 360 g/mol. The fraction of sp³-hybridized carbons (Fsp3) is 0.263. The Hall–Kier alpha value is -2.87. The molecule has 0 aliphatic rings. The van der Waals surface area contributed by atoms with Crippen LogP contribution in [0.4, 0.5) is 11.8 Å². The summed E-state index contributed by atoms with van der Waals surface area (Å²) < 4.78 is 0. The summed E-state index contributed by atoms with van der Waals surface area (Å²) >= 11 is 1.62. The molecule has 0 bridgehead atoms. The van der Waals surface area contributed by atoms with Gasteiger partial charge in [-0.1, -0.05) is 6.92 Å². The Morgan fingerprint density at radius 3 is 2.52 bits per heavy atom. The monoisotopic (exact) mass is 382 g/mol. The van der Waals surface area contributed by atoms with Gasteiger partial charge in [0.1, 0.15) is 5.82 Å². The van der Waals surface area contributed by atoms with Gasteiger partial charge in [0, 0.05) is 53.9 Å². The lowest BCUT2D eigenvalue weighted by Crippen LogP contribution is -2.21. The van der Waals surface area contributed by atoms with E-state index in [4.69, 9.17) is 0 Å². The van der Waals surface area contributed by atoms with Crippen LogP contribution < -0.4 is 16.2 Å². The summed E-state index contributed by atoms with van der Waals surface area (Å²) in [5.74, 6) is 1.76. The first-order chi connectivity index (χ1) is 13.2. The molecule has 3 heterocycles. The number of pyridine rings is 2. The second-order valence-electron chi connectivity index (χ2n) is 6.16. The van der Waals surface area contributed by atoms with Gasteiger partial charge in [-0.15, -0.1) is 11.8 Å². The molecule has 0 spiro atoms. The summed E-state index contributed by atoms with van der Waals surface area (Å²) in [6.07, 6.45) is 8.94. The second-order valence-corrected chi connectivity index (χ2v) is 7.04. The lowest BCUT2D eigenvalue weighted by Gasteiger charge is -2.14. The van der Waals surface area contributed by atoms with Crippen molar-refractivity contribution in [2.45, 2.75) is 11.8 Å². The highest BCUT2D eigenvalue weighted by atomic mass is 32.2. The summed E-state index contributed by atoms with van der Waals surface area (Å²) in [6, 6.07) is 7.36. The number of aromatic amines is 1. The van der Waals surface area contributed by atoms with Crippen molar-refractivity contribution in [3.63, 3.8) is 0 Å². The van der Waals surface area contributed by atoms with Gasteiger partial charge in [-0.3, -0.25) is 4.79 Å². The van der Waals surface area contributed by atoms with E-state index in [0.717, 1.165) is 29.4 Å². The average Bonchev–Trinajstić information content (AvgIpc) is 2.72. The minimum absolute atomic E-state index is 0.118. The van der Waals surface area contributed by atoms with Crippen molar-refractivity contribution in [1.29, 1.82) is 0 Å². The molecule has 0 fully saturated rings. The van der Waals surface area contributed by atoms with Crippen LogP contribution in [0, 0.1) is 5.92 Å². The van der Waals surface area contributed by atoms with E-state index in [-0.39, 0.29) is 5.56 Å². The molecule has 1 unspecified atom stereocenters. The van der Waals surface area contributed by atoms with Gasteiger partial charge in [0.05, 0.1) is 0 Å². The number of hydrogen-bond acceptors (Lipinski definition) is 7. The van der Waals surface area contributed by atoms with E-state index in [1.165, 1.54) is 0 Å². The van der Waals surface area contributed by atoms with E-state index in [2.05, 4.69) is 37.5 Å². The third-order valence-corrected chi connectivity index (χ3v) is 4.68. The molecule has 7 nitrogen and oxygen atoms in total. The van der Waals surface area contributed by atoms with Crippen molar-refractivity contribution < 1.29 is 0 Å². The number of thioether (sulfide) groups is 1. The molecule has 0 aliphatic heterocycles. The maximum absolute atomic E-state index is 11.8. The summed E-state index contributed by atoms with van der Waals surface area (Å²) in [6.45, 7) is 3.64. The van der Waals surface area contributed by atoms with Crippen LogP contribution in [-0.2, 0) is 0 Å². The molecule has 3 aromatic rings. The number of aromatic nitrogens is 4. The highest BCUT2D eigenvalue weighted by molar-refractivity contribution is 7.98. The number of H-pyrrole nitrogens is 1. The summed E-state index contributed by atoms with van der Waals surface area (Å²) in [7, 11) is 0. The Morgan fingerprint density at radius 1 is 1.07 bits per heavy atom. The van der Waals surface area contributed by atoms with Crippen molar-refractivity contribution in [2.75, 3.05) is 30.0 Å². The third kappa shape index (κ3) is 5.30. The van der Waals surface area contributed by atoms with E-state index < -0.39 is 0 Å². The first-order valence-electron chi connectivity index (χ1n) is 8.63. The molecule has 0 amide bonds. The van der Waals surface area contributed by atoms with Gasteiger partial charge in [-0.25, -0.2) is 15.0 Å². The van der Waals surface area contributed by atoms with Crippen LogP contribution in [0.25, 0.3) is 11.1 Å². The van der Waals surface area contributed by atoms with Gasteiger partial charge in [0.15, 0.2) is 0 Å². The van der Waals surface area contributed by atoms with Crippen molar-refractivity contribution in [3.8, 4) is 11.1 Å². The first kappa shape index (κ1) is 18.9. The number of hydrogen-bond donors (Lipinski definition) is 3. The van der Waals surface area contributed by atoms with Gasteiger partial charge in [-0.2, -0.15) is 0 Å². The van der Waals surface area contributed by atoms with Crippen LogP contribution in [-0.4, -0.2) is 39.3 Å². The summed E-state index contributed by atoms with van der Waals surface area (Å²) in [4.78, 5) is 28.5. The fourth-order valence-electron chi connectivity index (χ4n) is 2.44. The smallest absolute Gasteiger partial charge is 0.255 e. The molecule has 0 aliphatic carbocycles. The molecule has 140 valence electrons. The maximum atomic E-state index is 11.8. The molecule has 0 saturated heterocycles. The Balaban J connectivity index is 1.49. The zero-order valence-corrected chi connectivity index (χ0v) is 16.1. The van der Waals surface area contributed by atoms with Crippen LogP contribution in [0.2, 0.25) is 0 Å². The molecular formula is C19H22N6OS. The van der Waals surface area contributed by atoms with Crippen molar-refractivity contribution in [1.82, 2.24) is 19.9 Å². The van der Waals surface area contributed by atoms with Crippen molar-refractivity contribution in [2.24, 2.45) is 5.92 Å². The average molecular weight is 382 g/mol. The molecule has 1 atom stereocenters. The van der Waals surface area contributed by atoms with E-state index in [9.17, 15) is 4.79 Å². The van der Waals surface area contributed by atoms with Gasteiger partial charge in [0.25, 0.3) is 5.56 Å². The van der Waals surface area contributed by atoms with Crippen LogP contribution in [0.15, 0.2) is 58.7 Å². The van der Waals surface area contributed by atoms with Gasteiger partial charge >= 0.3 is 0 Å². The number of anilines is 2. The number of nitrogens with one attached hydrogen (secondary N) is 3. The standard InChI is InChI=1S/C19H22N6OS/c1-13(9-23-19-24-11-15(27-2)12-25-19)8-21-17-6-5-14(10-22-17)16-4-3-7-20-18(16)26/h3-7,10-13H,8-9H2,1-2H3,(H,20,26)(H,21,22)(H,23,24,25). The van der Waals surface area contributed by atoms with E-state index in [0.29, 0.717) is 17.4 Å². The zero-order valence-electron chi connectivity index (χ0n) is 15.3. The van der Waals surface area contributed by atoms with Gasteiger partial charge in [-0.05, 0) is 36.4 Å². The zero-order chi connectivity index (χ0) is 19.1. The molecule has 8 heteroatoms. The molecule has 0 aromatic carbocycles. The second kappa shape index (κ2) is 9.18. The van der Waals surface area contributed by atoms with Crippen LogP contribution in [0.5, 0.6) is 0 Å². The molecule has 27 heavy (non-hydrogen) atoms. The quantitative estimate of drug-likeness (QED) is 0.515. The minimum Gasteiger partial charge on any atom is -0.370 e. The molecule has 0 radical (unpaired) electrons.